The van der Waals surface area contributed by atoms with Gasteiger partial charge in [0.05, 0.1) is 30.0 Å². The minimum absolute atomic E-state index is 0.153. The van der Waals surface area contributed by atoms with Crippen LogP contribution in [-0.2, 0) is 26.0 Å². The van der Waals surface area contributed by atoms with E-state index in [2.05, 4.69) is 5.32 Å². The van der Waals surface area contributed by atoms with Crippen molar-refractivity contribution >= 4 is 44.9 Å². The van der Waals surface area contributed by atoms with Crippen molar-refractivity contribution in [1.29, 1.82) is 0 Å². The fourth-order valence-electron chi connectivity index (χ4n) is 2.36. The van der Waals surface area contributed by atoms with E-state index in [0.717, 1.165) is 16.1 Å². The topological polar surface area (TPSA) is 92.8 Å². The fourth-order valence-corrected chi connectivity index (χ4v) is 3.16. The third kappa shape index (κ3) is 5.71. The lowest BCUT2D eigenvalue weighted by Gasteiger charge is -2.18. The molecule has 1 amide bonds. The Morgan fingerprint density at radius 3 is 2.36 bits per heavy atom. The number of carbonyl (C=O) groups excluding carboxylic acids is 2. The Morgan fingerprint density at radius 2 is 1.79 bits per heavy atom. The Hall–Kier alpha value is -2.58. The van der Waals surface area contributed by atoms with E-state index in [1.807, 2.05) is 0 Å². The summed E-state index contributed by atoms with van der Waals surface area (Å²) in [6.07, 6.45) is 1.20. The van der Waals surface area contributed by atoms with E-state index in [9.17, 15) is 18.0 Å². The summed E-state index contributed by atoms with van der Waals surface area (Å²) in [4.78, 5) is 24.0. The molecule has 0 atom stereocenters. The average molecular weight is 425 g/mol. The predicted octanol–water partition coefficient (Wildman–Crippen LogP) is 3.09. The molecule has 0 fully saturated rings. The highest BCUT2D eigenvalue weighted by atomic mass is 35.5. The van der Waals surface area contributed by atoms with Gasteiger partial charge in [0, 0.05) is 18.3 Å². The van der Waals surface area contributed by atoms with Gasteiger partial charge in [-0.25, -0.2) is 8.42 Å². The van der Waals surface area contributed by atoms with Gasteiger partial charge in [-0.3, -0.25) is 13.9 Å². The first-order valence-corrected chi connectivity index (χ1v) is 10.6. The van der Waals surface area contributed by atoms with Crippen molar-refractivity contribution in [2.45, 2.75) is 13.3 Å². The Labute approximate surface area is 169 Å². The zero-order valence-corrected chi connectivity index (χ0v) is 17.3. The van der Waals surface area contributed by atoms with Gasteiger partial charge in [-0.2, -0.15) is 0 Å². The SMILES string of the molecule is CCOC(=O)Cc1ccc(NC(=O)c2ccc(Cl)c(N(C)S(C)(=O)=O)c2)cc1. The molecule has 9 heteroatoms. The van der Waals surface area contributed by atoms with Crippen LogP contribution in [-0.4, -0.2) is 40.2 Å². The van der Waals surface area contributed by atoms with Crippen LogP contribution in [0.25, 0.3) is 0 Å². The van der Waals surface area contributed by atoms with Crippen LogP contribution < -0.4 is 9.62 Å². The van der Waals surface area contributed by atoms with Crippen molar-refractivity contribution in [3.63, 3.8) is 0 Å². The van der Waals surface area contributed by atoms with E-state index in [-0.39, 0.29) is 28.7 Å². The standard InChI is InChI=1S/C19H21ClN2O5S/c1-4-27-18(23)11-13-5-8-15(9-6-13)21-19(24)14-7-10-16(20)17(12-14)22(2)28(3,25)26/h5-10,12H,4,11H2,1-3H3,(H,21,24). The van der Waals surface area contributed by atoms with Gasteiger partial charge < -0.3 is 10.1 Å². The molecule has 0 aromatic heterocycles. The number of esters is 1. The minimum Gasteiger partial charge on any atom is -0.466 e. The molecule has 0 saturated carbocycles. The first-order valence-electron chi connectivity index (χ1n) is 8.41. The van der Waals surface area contributed by atoms with E-state index < -0.39 is 15.9 Å². The number of nitrogens with one attached hydrogen (secondary N) is 1. The fraction of sp³-hybridized carbons (Fsp3) is 0.263. The maximum absolute atomic E-state index is 12.5. The predicted molar refractivity (Wildman–Crippen MR) is 109 cm³/mol. The van der Waals surface area contributed by atoms with E-state index in [0.29, 0.717) is 12.3 Å². The Bertz CT molecular complexity index is 974. The number of ether oxygens (including phenoxy) is 1. The van der Waals surface area contributed by atoms with Gasteiger partial charge in [0.15, 0.2) is 0 Å². The summed E-state index contributed by atoms with van der Waals surface area (Å²) in [5, 5.41) is 2.94. The lowest BCUT2D eigenvalue weighted by atomic mass is 10.1. The third-order valence-corrected chi connectivity index (χ3v) is 5.42. The maximum Gasteiger partial charge on any atom is 0.310 e. The molecule has 2 aromatic rings. The summed E-state index contributed by atoms with van der Waals surface area (Å²) in [6.45, 7) is 2.07. The number of benzene rings is 2. The van der Waals surface area contributed by atoms with Gasteiger partial charge in [-0.15, -0.1) is 0 Å². The first kappa shape index (κ1) is 21.7. The molecule has 2 rings (SSSR count). The number of rotatable bonds is 7. The van der Waals surface area contributed by atoms with Crippen LogP contribution in [0.5, 0.6) is 0 Å². The summed E-state index contributed by atoms with van der Waals surface area (Å²) in [5.41, 5.74) is 1.76. The van der Waals surface area contributed by atoms with Gasteiger partial charge in [0.2, 0.25) is 10.0 Å². The second kappa shape index (κ2) is 9.07. The number of sulfonamides is 1. The molecule has 0 saturated heterocycles. The maximum atomic E-state index is 12.5. The second-order valence-corrected chi connectivity index (χ2v) is 8.45. The molecule has 0 spiro atoms. The number of hydrogen-bond donors (Lipinski definition) is 1. The van der Waals surface area contributed by atoms with Gasteiger partial charge in [-0.1, -0.05) is 23.7 Å². The smallest absolute Gasteiger partial charge is 0.310 e. The monoisotopic (exact) mass is 424 g/mol. The lowest BCUT2D eigenvalue weighted by Crippen LogP contribution is -2.25. The molecule has 0 aliphatic rings. The number of carbonyl (C=O) groups is 2. The number of nitrogens with zero attached hydrogens (tertiary/aromatic N) is 1. The van der Waals surface area contributed by atoms with Gasteiger partial charge in [-0.05, 0) is 42.8 Å². The van der Waals surface area contributed by atoms with Crippen LogP contribution in [0.2, 0.25) is 5.02 Å². The molecule has 150 valence electrons. The summed E-state index contributed by atoms with van der Waals surface area (Å²) < 4.78 is 29.4. The highest BCUT2D eigenvalue weighted by Gasteiger charge is 2.17. The van der Waals surface area contributed by atoms with Crippen LogP contribution in [0, 0.1) is 0 Å². The van der Waals surface area contributed by atoms with Gasteiger partial charge >= 0.3 is 5.97 Å². The van der Waals surface area contributed by atoms with Crippen molar-refractivity contribution in [2.24, 2.45) is 0 Å². The Balaban J connectivity index is 2.14. The van der Waals surface area contributed by atoms with Crippen LogP contribution in [0.1, 0.15) is 22.8 Å². The normalized spacial score (nSPS) is 11.0. The van der Waals surface area contributed by atoms with Crippen molar-refractivity contribution in [3.8, 4) is 0 Å². The molecule has 0 aliphatic carbocycles. The van der Waals surface area contributed by atoms with Crippen LogP contribution in [0.3, 0.4) is 0 Å². The molecule has 0 unspecified atom stereocenters. The summed E-state index contributed by atoms with van der Waals surface area (Å²) >= 11 is 6.07. The number of hydrogen-bond acceptors (Lipinski definition) is 5. The molecule has 0 heterocycles. The molecule has 2 aromatic carbocycles. The minimum atomic E-state index is -3.52. The molecule has 28 heavy (non-hydrogen) atoms. The highest BCUT2D eigenvalue weighted by Crippen LogP contribution is 2.28. The summed E-state index contributed by atoms with van der Waals surface area (Å²) in [6, 6.07) is 11.2. The second-order valence-electron chi connectivity index (χ2n) is 6.03. The third-order valence-electron chi connectivity index (χ3n) is 3.91. The van der Waals surface area contributed by atoms with E-state index in [1.54, 1.807) is 31.2 Å². The Morgan fingerprint density at radius 1 is 1.14 bits per heavy atom. The molecular formula is C19H21ClN2O5S. The molecular weight excluding hydrogens is 404 g/mol. The van der Waals surface area contributed by atoms with E-state index >= 15 is 0 Å². The van der Waals surface area contributed by atoms with Crippen molar-refractivity contribution in [1.82, 2.24) is 0 Å². The quantitative estimate of drug-likeness (QED) is 0.689. The van der Waals surface area contributed by atoms with Crippen LogP contribution >= 0.6 is 11.6 Å². The van der Waals surface area contributed by atoms with Gasteiger partial charge in [0.1, 0.15) is 0 Å². The average Bonchev–Trinajstić information content (AvgIpc) is 2.62. The molecule has 1 N–H and O–H groups in total. The van der Waals surface area contributed by atoms with E-state index in [4.69, 9.17) is 16.3 Å². The number of anilines is 2. The Kier molecular flexibility index (Phi) is 7.04. The zero-order valence-electron chi connectivity index (χ0n) is 15.7. The van der Waals surface area contributed by atoms with Gasteiger partial charge in [0.25, 0.3) is 5.91 Å². The van der Waals surface area contributed by atoms with Crippen molar-refractivity contribution in [2.75, 3.05) is 29.5 Å². The first-order chi connectivity index (χ1) is 13.1. The lowest BCUT2D eigenvalue weighted by molar-refractivity contribution is -0.142. The number of halogens is 1. The van der Waals surface area contributed by atoms with Crippen molar-refractivity contribution < 1.29 is 22.7 Å². The van der Waals surface area contributed by atoms with Crippen molar-refractivity contribution in [3.05, 3.63) is 58.6 Å². The molecule has 7 nitrogen and oxygen atoms in total. The zero-order chi connectivity index (χ0) is 20.9. The summed E-state index contributed by atoms with van der Waals surface area (Å²) in [5.74, 6) is -0.735. The number of amides is 1. The molecule has 0 aliphatic heterocycles. The van der Waals surface area contributed by atoms with Crippen LogP contribution in [0.15, 0.2) is 42.5 Å². The molecule has 0 bridgehead atoms. The van der Waals surface area contributed by atoms with E-state index in [1.165, 1.54) is 25.2 Å². The van der Waals surface area contributed by atoms with Crippen LogP contribution in [0.4, 0.5) is 11.4 Å². The largest absolute Gasteiger partial charge is 0.466 e. The molecule has 0 radical (unpaired) electrons. The highest BCUT2D eigenvalue weighted by molar-refractivity contribution is 7.92. The summed E-state index contributed by atoms with van der Waals surface area (Å²) in [7, 11) is -2.16.